The van der Waals surface area contributed by atoms with Gasteiger partial charge in [0.15, 0.2) is 0 Å². The van der Waals surface area contributed by atoms with Crippen molar-refractivity contribution in [1.82, 2.24) is 9.97 Å². The minimum Gasteiger partial charge on any atom is -0.397 e. The highest BCUT2D eigenvalue weighted by Crippen LogP contribution is 2.24. The molecule has 0 aliphatic carbocycles. The van der Waals surface area contributed by atoms with Gasteiger partial charge in [0.2, 0.25) is 0 Å². The Kier molecular flexibility index (Phi) is 3.56. The molecule has 0 spiro atoms. The van der Waals surface area contributed by atoms with Crippen molar-refractivity contribution in [3.63, 3.8) is 0 Å². The van der Waals surface area contributed by atoms with Crippen LogP contribution in [0.4, 0.5) is 17.1 Å². The maximum atomic E-state index is 10.6. The summed E-state index contributed by atoms with van der Waals surface area (Å²) in [6.45, 7) is 2.29. The molecule has 1 aromatic carbocycles. The standard InChI is InChI=1S/C12H13N5O2/c1-8-14-5-4-9(16-8)7-15-12-3-2-10(17(18)19)6-11(12)13/h2-6,15H,7,13H2,1H3. The first kappa shape index (κ1) is 12.7. The fourth-order valence-electron chi connectivity index (χ4n) is 1.61. The molecule has 0 unspecified atom stereocenters. The third-order valence-electron chi connectivity index (χ3n) is 2.54. The molecule has 0 radical (unpaired) electrons. The van der Waals surface area contributed by atoms with Gasteiger partial charge < -0.3 is 11.1 Å². The van der Waals surface area contributed by atoms with Crippen molar-refractivity contribution in [3.8, 4) is 0 Å². The van der Waals surface area contributed by atoms with Crippen LogP contribution in [0.5, 0.6) is 0 Å². The Bertz CT molecular complexity index is 615. The molecule has 19 heavy (non-hydrogen) atoms. The Balaban J connectivity index is 2.10. The maximum absolute atomic E-state index is 10.6. The average Bonchev–Trinajstić information content (AvgIpc) is 2.37. The monoisotopic (exact) mass is 259 g/mol. The van der Waals surface area contributed by atoms with Crippen molar-refractivity contribution in [2.45, 2.75) is 13.5 Å². The van der Waals surface area contributed by atoms with E-state index in [4.69, 9.17) is 5.73 Å². The highest BCUT2D eigenvalue weighted by molar-refractivity contribution is 5.69. The van der Waals surface area contributed by atoms with Gasteiger partial charge in [-0.3, -0.25) is 10.1 Å². The van der Waals surface area contributed by atoms with Crippen LogP contribution in [0.3, 0.4) is 0 Å². The van der Waals surface area contributed by atoms with E-state index in [-0.39, 0.29) is 5.69 Å². The SMILES string of the molecule is Cc1nccc(CNc2ccc([N+](=O)[O-])cc2N)n1. The zero-order valence-electron chi connectivity index (χ0n) is 10.3. The predicted molar refractivity (Wildman–Crippen MR) is 71.6 cm³/mol. The summed E-state index contributed by atoms with van der Waals surface area (Å²) in [6, 6.07) is 6.11. The largest absolute Gasteiger partial charge is 0.397 e. The Hall–Kier alpha value is -2.70. The van der Waals surface area contributed by atoms with Crippen LogP contribution in [0.25, 0.3) is 0 Å². The van der Waals surface area contributed by atoms with E-state index in [1.54, 1.807) is 18.3 Å². The van der Waals surface area contributed by atoms with Crippen LogP contribution >= 0.6 is 0 Å². The van der Waals surface area contributed by atoms with Crippen molar-refractivity contribution in [3.05, 3.63) is 52.1 Å². The minimum absolute atomic E-state index is 0.0269. The molecule has 2 rings (SSSR count). The third kappa shape index (κ3) is 3.15. The molecule has 0 aliphatic heterocycles. The fraction of sp³-hybridized carbons (Fsp3) is 0.167. The van der Waals surface area contributed by atoms with E-state index in [9.17, 15) is 10.1 Å². The number of anilines is 2. The first-order chi connectivity index (χ1) is 9.06. The normalized spacial score (nSPS) is 10.2. The summed E-state index contributed by atoms with van der Waals surface area (Å²) < 4.78 is 0. The molecule has 0 bridgehead atoms. The number of nitrogens with zero attached hydrogens (tertiary/aromatic N) is 3. The van der Waals surface area contributed by atoms with Gasteiger partial charge in [0.05, 0.1) is 28.5 Å². The van der Waals surface area contributed by atoms with E-state index in [1.165, 1.54) is 12.1 Å². The van der Waals surface area contributed by atoms with E-state index < -0.39 is 4.92 Å². The van der Waals surface area contributed by atoms with Crippen LogP contribution in [0, 0.1) is 17.0 Å². The number of nitrogen functional groups attached to an aromatic ring is 1. The number of aryl methyl sites for hydroxylation is 1. The molecule has 98 valence electrons. The molecule has 1 aromatic heterocycles. The second-order valence-electron chi connectivity index (χ2n) is 3.98. The second-order valence-corrected chi connectivity index (χ2v) is 3.98. The number of hydrogen-bond acceptors (Lipinski definition) is 6. The number of nitrogens with one attached hydrogen (secondary N) is 1. The number of nitro benzene ring substituents is 1. The summed E-state index contributed by atoms with van der Waals surface area (Å²) in [5.41, 5.74) is 7.52. The van der Waals surface area contributed by atoms with E-state index in [2.05, 4.69) is 15.3 Å². The van der Waals surface area contributed by atoms with Gasteiger partial charge in [0.25, 0.3) is 5.69 Å². The van der Waals surface area contributed by atoms with Crippen LogP contribution in [0.1, 0.15) is 11.5 Å². The van der Waals surface area contributed by atoms with Crippen molar-refractivity contribution in [2.75, 3.05) is 11.1 Å². The highest BCUT2D eigenvalue weighted by Gasteiger charge is 2.08. The topological polar surface area (TPSA) is 107 Å². The molecule has 0 fully saturated rings. The van der Waals surface area contributed by atoms with Crippen LogP contribution < -0.4 is 11.1 Å². The molecular weight excluding hydrogens is 246 g/mol. The van der Waals surface area contributed by atoms with Gasteiger partial charge in [-0.1, -0.05) is 0 Å². The molecule has 1 heterocycles. The van der Waals surface area contributed by atoms with Gasteiger partial charge in [-0.15, -0.1) is 0 Å². The van der Waals surface area contributed by atoms with Gasteiger partial charge in [0.1, 0.15) is 5.82 Å². The Morgan fingerprint density at radius 2 is 2.21 bits per heavy atom. The predicted octanol–water partition coefficient (Wildman–Crippen LogP) is 1.89. The van der Waals surface area contributed by atoms with Gasteiger partial charge in [-0.25, -0.2) is 9.97 Å². The fourth-order valence-corrected chi connectivity index (χ4v) is 1.61. The molecule has 0 saturated carbocycles. The zero-order valence-corrected chi connectivity index (χ0v) is 10.3. The summed E-state index contributed by atoms with van der Waals surface area (Å²) in [7, 11) is 0. The number of nitrogens with two attached hydrogens (primary N) is 1. The van der Waals surface area contributed by atoms with E-state index in [1.807, 2.05) is 6.92 Å². The van der Waals surface area contributed by atoms with E-state index >= 15 is 0 Å². The lowest BCUT2D eigenvalue weighted by Crippen LogP contribution is -2.05. The first-order valence-corrected chi connectivity index (χ1v) is 5.62. The third-order valence-corrected chi connectivity index (χ3v) is 2.54. The molecular formula is C12H13N5O2. The smallest absolute Gasteiger partial charge is 0.271 e. The second kappa shape index (κ2) is 5.30. The summed E-state index contributed by atoms with van der Waals surface area (Å²) >= 11 is 0. The Morgan fingerprint density at radius 3 is 2.84 bits per heavy atom. The lowest BCUT2D eigenvalue weighted by Gasteiger charge is -2.08. The molecule has 0 aliphatic rings. The van der Waals surface area contributed by atoms with Gasteiger partial charge in [-0.2, -0.15) is 0 Å². The molecule has 7 nitrogen and oxygen atoms in total. The quantitative estimate of drug-likeness (QED) is 0.493. The van der Waals surface area contributed by atoms with Crippen molar-refractivity contribution in [2.24, 2.45) is 0 Å². The zero-order chi connectivity index (χ0) is 13.8. The number of aromatic nitrogens is 2. The minimum atomic E-state index is -0.478. The molecule has 0 saturated heterocycles. The Morgan fingerprint density at radius 1 is 1.42 bits per heavy atom. The summed E-state index contributed by atoms with van der Waals surface area (Å²) in [5.74, 6) is 0.691. The van der Waals surface area contributed by atoms with Crippen molar-refractivity contribution >= 4 is 17.1 Å². The highest BCUT2D eigenvalue weighted by atomic mass is 16.6. The van der Waals surface area contributed by atoms with Gasteiger partial charge >= 0.3 is 0 Å². The number of benzene rings is 1. The van der Waals surface area contributed by atoms with E-state index in [0.717, 1.165) is 5.69 Å². The first-order valence-electron chi connectivity index (χ1n) is 5.62. The maximum Gasteiger partial charge on any atom is 0.271 e. The molecule has 0 amide bonds. The van der Waals surface area contributed by atoms with Crippen LogP contribution in [0.2, 0.25) is 0 Å². The molecule has 3 N–H and O–H groups in total. The van der Waals surface area contributed by atoms with Crippen molar-refractivity contribution < 1.29 is 4.92 Å². The van der Waals surface area contributed by atoms with Gasteiger partial charge in [-0.05, 0) is 19.1 Å². The summed E-state index contributed by atoms with van der Waals surface area (Å²) in [5, 5.41) is 13.7. The molecule has 0 atom stereocenters. The Labute approximate surface area is 109 Å². The lowest BCUT2D eigenvalue weighted by atomic mass is 10.2. The number of hydrogen-bond donors (Lipinski definition) is 2. The summed E-state index contributed by atoms with van der Waals surface area (Å²) in [4.78, 5) is 18.4. The average molecular weight is 259 g/mol. The lowest BCUT2D eigenvalue weighted by molar-refractivity contribution is -0.384. The van der Waals surface area contributed by atoms with Crippen LogP contribution in [-0.4, -0.2) is 14.9 Å². The molecule has 7 heteroatoms. The van der Waals surface area contributed by atoms with Crippen LogP contribution in [0.15, 0.2) is 30.5 Å². The number of non-ortho nitro benzene ring substituents is 1. The number of nitro groups is 1. The summed E-state index contributed by atoms with van der Waals surface area (Å²) in [6.07, 6.45) is 1.68. The van der Waals surface area contributed by atoms with Crippen molar-refractivity contribution in [1.29, 1.82) is 0 Å². The van der Waals surface area contributed by atoms with Crippen LogP contribution in [-0.2, 0) is 6.54 Å². The van der Waals surface area contributed by atoms with Gasteiger partial charge in [0, 0.05) is 18.3 Å². The number of rotatable bonds is 4. The molecule has 2 aromatic rings. The van der Waals surface area contributed by atoms with E-state index in [0.29, 0.717) is 23.7 Å².